The van der Waals surface area contributed by atoms with E-state index in [-0.39, 0.29) is 41.8 Å². The van der Waals surface area contributed by atoms with Gasteiger partial charge in [0, 0.05) is 13.1 Å². The summed E-state index contributed by atoms with van der Waals surface area (Å²) in [5.74, 6) is 0.304. The third-order valence-electron chi connectivity index (χ3n) is 4.36. The monoisotopic (exact) mass is 425 g/mol. The molecule has 0 saturated carbocycles. The lowest BCUT2D eigenvalue weighted by atomic mass is 10.2. The van der Waals surface area contributed by atoms with E-state index in [0.29, 0.717) is 10.9 Å². The molecule has 0 radical (unpaired) electrons. The van der Waals surface area contributed by atoms with Crippen LogP contribution in [-0.2, 0) is 13.2 Å². The predicted octanol–water partition coefficient (Wildman–Crippen LogP) is 3.84. The van der Waals surface area contributed by atoms with Crippen molar-refractivity contribution >= 4 is 28.9 Å². The number of hydrogen-bond acceptors (Lipinski definition) is 4. The summed E-state index contributed by atoms with van der Waals surface area (Å²) in [7, 11) is 0. The molecule has 0 aliphatic heterocycles. The van der Waals surface area contributed by atoms with Crippen LogP contribution in [-0.4, -0.2) is 42.9 Å². The van der Waals surface area contributed by atoms with Gasteiger partial charge < -0.3 is 0 Å². The lowest BCUT2D eigenvalue weighted by Gasteiger charge is -2.24. The van der Waals surface area contributed by atoms with Crippen molar-refractivity contribution in [2.24, 2.45) is 5.92 Å². The fourth-order valence-electron chi connectivity index (χ4n) is 3.39. The number of halogens is 3. The second-order valence-electron chi connectivity index (χ2n) is 7.30. The highest BCUT2D eigenvalue weighted by Gasteiger charge is 2.31. The average Bonchev–Trinajstić information content (AvgIpc) is 2.93. The number of benzene rings is 1. The number of nitrogens with zero attached hydrogens (tertiary/aromatic N) is 5. The van der Waals surface area contributed by atoms with Crippen molar-refractivity contribution in [1.82, 2.24) is 23.6 Å². The summed E-state index contributed by atoms with van der Waals surface area (Å²) < 4.78 is 43.7. The van der Waals surface area contributed by atoms with E-state index in [1.165, 1.54) is 14.1 Å². The Morgan fingerprint density at radius 2 is 2.00 bits per heavy atom. The van der Waals surface area contributed by atoms with Crippen LogP contribution in [0, 0.1) is 10.7 Å². The molecule has 0 amide bonds. The molecule has 1 aromatic carbocycles. The molecule has 0 spiro atoms. The summed E-state index contributed by atoms with van der Waals surface area (Å²) in [5.41, 5.74) is 0.310. The summed E-state index contributed by atoms with van der Waals surface area (Å²) in [6, 6.07) is 6.94. The Kier molecular flexibility index (Phi) is 5.95. The molecule has 2 heterocycles. The minimum atomic E-state index is -4.34. The van der Waals surface area contributed by atoms with E-state index in [0.717, 1.165) is 0 Å². The maximum atomic E-state index is 13.0. The second kappa shape index (κ2) is 8.11. The molecule has 0 unspecified atom stereocenters. The molecule has 29 heavy (non-hydrogen) atoms. The highest BCUT2D eigenvalue weighted by Crippen LogP contribution is 2.19. The normalized spacial score (nSPS) is 12.5. The van der Waals surface area contributed by atoms with Crippen LogP contribution in [0.3, 0.4) is 0 Å². The van der Waals surface area contributed by atoms with Gasteiger partial charge in [0.15, 0.2) is 0 Å². The number of rotatable bonds is 7. The van der Waals surface area contributed by atoms with E-state index in [4.69, 9.17) is 12.2 Å². The Morgan fingerprint density at radius 3 is 2.62 bits per heavy atom. The van der Waals surface area contributed by atoms with E-state index in [2.05, 4.69) is 11.7 Å². The Hall–Kier alpha value is -2.46. The Bertz CT molecular complexity index is 1160. The van der Waals surface area contributed by atoms with Gasteiger partial charge in [0.05, 0.1) is 24.1 Å². The maximum Gasteiger partial charge on any atom is 0.401 e. The minimum Gasteiger partial charge on any atom is -0.275 e. The van der Waals surface area contributed by atoms with Gasteiger partial charge in [-0.3, -0.25) is 18.7 Å². The first-order valence-corrected chi connectivity index (χ1v) is 9.54. The first-order chi connectivity index (χ1) is 13.6. The maximum absolute atomic E-state index is 13.0. The van der Waals surface area contributed by atoms with Gasteiger partial charge in [-0.25, -0.2) is 4.68 Å². The lowest BCUT2D eigenvalue weighted by Crippen LogP contribution is -2.38. The van der Waals surface area contributed by atoms with Crippen molar-refractivity contribution < 1.29 is 13.2 Å². The van der Waals surface area contributed by atoms with Crippen LogP contribution >= 0.6 is 12.2 Å². The van der Waals surface area contributed by atoms with Crippen molar-refractivity contribution in [1.29, 1.82) is 0 Å². The van der Waals surface area contributed by atoms with Gasteiger partial charge in [0.2, 0.25) is 10.5 Å². The largest absolute Gasteiger partial charge is 0.401 e. The molecule has 0 aliphatic rings. The van der Waals surface area contributed by atoms with Crippen LogP contribution in [0.1, 0.15) is 13.8 Å². The van der Waals surface area contributed by atoms with Crippen molar-refractivity contribution in [2.75, 3.05) is 13.1 Å². The predicted molar refractivity (Wildman–Crippen MR) is 108 cm³/mol. The van der Waals surface area contributed by atoms with Crippen LogP contribution in [0.25, 0.3) is 16.7 Å². The number of allylic oxidation sites excluding steroid dienone is 1. The van der Waals surface area contributed by atoms with Crippen LogP contribution < -0.4 is 5.56 Å². The van der Waals surface area contributed by atoms with Crippen molar-refractivity contribution in [3.8, 4) is 0 Å². The smallest absolute Gasteiger partial charge is 0.275 e. The molecular formula is C19H22F3N5OS. The van der Waals surface area contributed by atoms with Crippen molar-refractivity contribution in [2.45, 2.75) is 33.2 Å². The molecule has 3 aromatic rings. The van der Waals surface area contributed by atoms with Crippen LogP contribution in [0.5, 0.6) is 0 Å². The minimum absolute atomic E-state index is 0.0309. The van der Waals surface area contributed by atoms with Gasteiger partial charge >= 0.3 is 6.18 Å². The zero-order valence-corrected chi connectivity index (χ0v) is 17.0. The van der Waals surface area contributed by atoms with E-state index < -0.39 is 12.7 Å². The first-order valence-electron chi connectivity index (χ1n) is 9.13. The first kappa shape index (κ1) is 21.3. The second-order valence-corrected chi connectivity index (χ2v) is 7.67. The molecule has 0 bridgehead atoms. The van der Waals surface area contributed by atoms with Crippen molar-refractivity contribution in [3.63, 3.8) is 0 Å². The standard InChI is InChI=1S/C19H22F3N5OS/c1-4-9-25-16(28)14-7-5-6-8-15(14)27-17(25)23-26(18(27)29)12-24(10-13(2)3)11-19(20,21)22/h4-8,13H,1,9-12H2,2-3H3. The molecule has 2 aromatic heterocycles. The van der Waals surface area contributed by atoms with Gasteiger partial charge in [0.25, 0.3) is 5.56 Å². The molecule has 156 valence electrons. The highest BCUT2D eigenvalue weighted by molar-refractivity contribution is 7.71. The van der Waals surface area contributed by atoms with Gasteiger partial charge in [-0.15, -0.1) is 11.7 Å². The number of alkyl halides is 3. The van der Waals surface area contributed by atoms with Crippen LogP contribution in [0.2, 0.25) is 0 Å². The number of hydrogen-bond donors (Lipinski definition) is 0. The van der Waals surface area contributed by atoms with Crippen LogP contribution in [0.15, 0.2) is 41.7 Å². The van der Waals surface area contributed by atoms with Gasteiger partial charge in [-0.1, -0.05) is 32.1 Å². The van der Waals surface area contributed by atoms with Crippen molar-refractivity contribution in [3.05, 3.63) is 52.0 Å². The number of para-hydroxylation sites is 1. The van der Waals surface area contributed by atoms with Gasteiger partial charge in [0.1, 0.15) is 0 Å². The molecule has 0 N–H and O–H groups in total. The molecule has 10 heteroatoms. The average molecular weight is 425 g/mol. The quantitative estimate of drug-likeness (QED) is 0.426. The van der Waals surface area contributed by atoms with Crippen LogP contribution in [0.4, 0.5) is 13.2 Å². The molecule has 0 atom stereocenters. The molecule has 0 aliphatic carbocycles. The van der Waals surface area contributed by atoms with E-state index >= 15 is 0 Å². The zero-order valence-electron chi connectivity index (χ0n) is 16.2. The Balaban J connectivity index is 2.19. The fraction of sp³-hybridized carbons (Fsp3) is 0.421. The molecule has 0 fully saturated rings. The highest BCUT2D eigenvalue weighted by atomic mass is 32.1. The molecule has 0 saturated heterocycles. The summed E-state index contributed by atoms with van der Waals surface area (Å²) in [4.78, 5) is 14.1. The molecule has 6 nitrogen and oxygen atoms in total. The summed E-state index contributed by atoms with van der Waals surface area (Å²) >= 11 is 5.53. The van der Waals surface area contributed by atoms with E-state index in [1.807, 2.05) is 13.8 Å². The van der Waals surface area contributed by atoms with E-state index in [9.17, 15) is 18.0 Å². The number of fused-ring (bicyclic) bond motifs is 3. The van der Waals surface area contributed by atoms with Gasteiger partial charge in [-0.05, 0) is 30.3 Å². The summed E-state index contributed by atoms with van der Waals surface area (Å²) in [6.45, 7) is 6.61. The summed E-state index contributed by atoms with van der Waals surface area (Å²) in [5, 5.41) is 4.85. The lowest BCUT2D eigenvalue weighted by molar-refractivity contribution is -0.150. The Morgan fingerprint density at radius 1 is 1.31 bits per heavy atom. The van der Waals surface area contributed by atoms with Gasteiger partial charge in [-0.2, -0.15) is 13.2 Å². The zero-order chi connectivity index (χ0) is 21.3. The molecular weight excluding hydrogens is 403 g/mol. The fourth-order valence-corrected chi connectivity index (χ4v) is 3.66. The van der Waals surface area contributed by atoms with E-state index in [1.54, 1.807) is 34.7 Å². The topological polar surface area (TPSA) is 47.5 Å². The number of aromatic nitrogens is 4. The third-order valence-corrected chi connectivity index (χ3v) is 4.75. The molecule has 3 rings (SSSR count). The SMILES string of the molecule is C=CCn1c(=O)c2ccccc2n2c(=S)n(CN(CC(C)C)CC(F)(F)F)nc12. The summed E-state index contributed by atoms with van der Waals surface area (Å²) in [6.07, 6.45) is -2.78. The third kappa shape index (κ3) is 4.43. The Labute approximate surface area is 170 Å².